The van der Waals surface area contributed by atoms with Crippen molar-refractivity contribution < 1.29 is 14.3 Å². The molecular formula is C20H17ClFN3O3. The van der Waals surface area contributed by atoms with Crippen LogP contribution in [0.5, 0.6) is 0 Å². The molecule has 3 N–H and O–H groups in total. The smallest absolute Gasteiger partial charge is 0.339 e. The number of rotatable bonds is 5. The Kier molecular flexibility index (Phi) is 5.46. The van der Waals surface area contributed by atoms with Crippen LogP contribution < -0.4 is 10.9 Å². The standard InChI is InChI=1S/C20H17ClFN3O3/c1-10(2)18-17(24-16-5-6-23-9-14(16)20(27)28)8-13(19(26)25-18)12-7-11(21)3-4-15(12)22/h3-10H,1-2H3,(H,23,24)(H,25,26)(H,27,28). The molecule has 0 bridgehead atoms. The van der Waals surface area contributed by atoms with E-state index in [4.69, 9.17) is 11.6 Å². The SMILES string of the molecule is CC(C)c1[nH]c(=O)c(-c2cc(Cl)ccc2F)cc1Nc1ccncc1C(=O)O. The molecule has 0 unspecified atom stereocenters. The Balaban J connectivity index is 2.19. The summed E-state index contributed by atoms with van der Waals surface area (Å²) in [6.45, 7) is 3.75. The van der Waals surface area contributed by atoms with Gasteiger partial charge in [-0.2, -0.15) is 0 Å². The van der Waals surface area contributed by atoms with E-state index in [9.17, 15) is 19.1 Å². The summed E-state index contributed by atoms with van der Waals surface area (Å²) in [6, 6.07) is 6.96. The number of aromatic nitrogens is 2. The van der Waals surface area contributed by atoms with Gasteiger partial charge in [0.2, 0.25) is 0 Å². The molecule has 3 aromatic rings. The van der Waals surface area contributed by atoms with E-state index in [0.717, 1.165) is 0 Å². The maximum atomic E-state index is 14.3. The lowest BCUT2D eigenvalue weighted by atomic mass is 10.0. The number of hydrogen-bond acceptors (Lipinski definition) is 4. The molecule has 0 amide bonds. The first kappa shape index (κ1) is 19.6. The van der Waals surface area contributed by atoms with Crippen molar-refractivity contribution >= 4 is 28.9 Å². The molecule has 0 fully saturated rings. The van der Waals surface area contributed by atoms with Gasteiger partial charge in [-0.1, -0.05) is 25.4 Å². The number of hydrogen-bond donors (Lipinski definition) is 3. The Labute approximate surface area is 165 Å². The quantitative estimate of drug-likeness (QED) is 0.571. The molecule has 144 valence electrons. The van der Waals surface area contributed by atoms with Crippen LogP contribution in [0.2, 0.25) is 5.02 Å². The average Bonchev–Trinajstić information content (AvgIpc) is 2.65. The summed E-state index contributed by atoms with van der Waals surface area (Å²) in [6.07, 6.45) is 2.68. The lowest BCUT2D eigenvalue weighted by molar-refractivity contribution is 0.0697. The molecule has 0 saturated heterocycles. The minimum Gasteiger partial charge on any atom is -0.478 e. The molecule has 0 spiro atoms. The number of carbonyl (C=O) groups is 1. The summed E-state index contributed by atoms with van der Waals surface area (Å²) in [5.41, 5.74) is 0.955. The van der Waals surface area contributed by atoms with Gasteiger partial charge in [0.15, 0.2) is 0 Å². The topological polar surface area (TPSA) is 95.1 Å². The van der Waals surface area contributed by atoms with E-state index in [1.54, 1.807) is 0 Å². The number of carboxylic acid groups (broad SMARTS) is 1. The van der Waals surface area contributed by atoms with Crippen LogP contribution in [-0.4, -0.2) is 21.0 Å². The predicted octanol–water partition coefficient (Wildman–Crippen LogP) is 4.79. The second-order valence-corrected chi connectivity index (χ2v) is 6.91. The summed E-state index contributed by atoms with van der Waals surface area (Å²) in [4.78, 5) is 30.6. The molecule has 0 aliphatic heterocycles. The highest BCUT2D eigenvalue weighted by molar-refractivity contribution is 6.30. The van der Waals surface area contributed by atoms with Crippen molar-refractivity contribution in [2.24, 2.45) is 0 Å². The third-order valence-corrected chi connectivity index (χ3v) is 4.42. The number of benzene rings is 1. The van der Waals surface area contributed by atoms with E-state index < -0.39 is 17.3 Å². The van der Waals surface area contributed by atoms with E-state index in [2.05, 4.69) is 15.3 Å². The molecule has 0 saturated carbocycles. The zero-order valence-electron chi connectivity index (χ0n) is 15.1. The Bertz CT molecular complexity index is 1110. The van der Waals surface area contributed by atoms with Crippen molar-refractivity contribution in [3.63, 3.8) is 0 Å². The van der Waals surface area contributed by atoms with Gasteiger partial charge in [0, 0.05) is 28.7 Å². The molecule has 2 aromatic heterocycles. The normalized spacial score (nSPS) is 10.9. The highest BCUT2D eigenvalue weighted by atomic mass is 35.5. The molecule has 0 atom stereocenters. The predicted molar refractivity (Wildman–Crippen MR) is 106 cm³/mol. The first-order chi connectivity index (χ1) is 13.3. The molecule has 8 heteroatoms. The molecular weight excluding hydrogens is 385 g/mol. The third-order valence-electron chi connectivity index (χ3n) is 4.19. The zero-order valence-corrected chi connectivity index (χ0v) is 15.8. The van der Waals surface area contributed by atoms with E-state index in [-0.39, 0.29) is 22.6 Å². The van der Waals surface area contributed by atoms with Gasteiger partial charge in [-0.15, -0.1) is 0 Å². The number of H-pyrrole nitrogens is 1. The van der Waals surface area contributed by atoms with E-state index in [1.165, 1.54) is 42.7 Å². The van der Waals surface area contributed by atoms with E-state index in [1.807, 2.05) is 13.8 Å². The Morgan fingerprint density at radius 3 is 2.64 bits per heavy atom. The lowest BCUT2D eigenvalue weighted by Crippen LogP contribution is -2.16. The first-order valence-corrected chi connectivity index (χ1v) is 8.82. The van der Waals surface area contributed by atoms with Crippen molar-refractivity contribution in [1.29, 1.82) is 0 Å². The molecule has 0 aliphatic carbocycles. The Morgan fingerprint density at radius 1 is 1.21 bits per heavy atom. The van der Waals surface area contributed by atoms with Gasteiger partial charge in [-0.25, -0.2) is 9.18 Å². The minimum atomic E-state index is -1.15. The maximum absolute atomic E-state index is 14.3. The molecule has 6 nitrogen and oxygen atoms in total. The van der Waals surface area contributed by atoms with Crippen LogP contribution in [0.4, 0.5) is 15.8 Å². The van der Waals surface area contributed by atoms with Crippen LogP contribution in [0.1, 0.15) is 35.8 Å². The molecule has 2 heterocycles. The summed E-state index contributed by atoms with van der Waals surface area (Å²) in [7, 11) is 0. The number of halogens is 2. The zero-order chi connectivity index (χ0) is 20.4. The van der Waals surface area contributed by atoms with Crippen LogP contribution in [0.3, 0.4) is 0 Å². The van der Waals surface area contributed by atoms with E-state index >= 15 is 0 Å². The molecule has 0 aliphatic rings. The molecule has 28 heavy (non-hydrogen) atoms. The highest BCUT2D eigenvalue weighted by Gasteiger charge is 2.18. The maximum Gasteiger partial charge on any atom is 0.339 e. The van der Waals surface area contributed by atoms with Gasteiger partial charge in [-0.05, 0) is 36.2 Å². The molecule has 3 rings (SSSR count). The van der Waals surface area contributed by atoms with Gasteiger partial charge in [0.25, 0.3) is 5.56 Å². The number of nitrogens with one attached hydrogen (secondary N) is 2. The number of aromatic carboxylic acids is 1. The number of aromatic amines is 1. The van der Waals surface area contributed by atoms with Gasteiger partial charge in [0.1, 0.15) is 11.4 Å². The fraction of sp³-hybridized carbons (Fsp3) is 0.150. The Hall–Kier alpha value is -3.19. The lowest BCUT2D eigenvalue weighted by Gasteiger charge is -2.17. The molecule has 1 aromatic carbocycles. The van der Waals surface area contributed by atoms with Crippen LogP contribution in [-0.2, 0) is 0 Å². The number of carboxylic acids is 1. The summed E-state index contributed by atoms with van der Waals surface area (Å²) in [5, 5.41) is 12.7. The average molecular weight is 402 g/mol. The fourth-order valence-electron chi connectivity index (χ4n) is 2.83. The summed E-state index contributed by atoms with van der Waals surface area (Å²) < 4.78 is 14.3. The van der Waals surface area contributed by atoms with Gasteiger partial charge < -0.3 is 15.4 Å². The Morgan fingerprint density at radius 2 is 1.96 bits per heavy atom. The highest BCUT2D eigenvalue weighted by Crippen LogP contribution is 2.31. The second-order valence-electron chi connectivity index (χ2n) is 6.47. The second kappa shape index (κ2) is 7.82. The fourth-order valence-corrected chi connectivity index (χ4v) is 3.00. The first-order valence-electron chi connectivity index (χ1n) is 8.45. The van der Waals surface area contributed by atoms with Crippen LogP contribution >= 0.6 is 11.6 Å². The van der Waals surface area contributed by atoms with Gasteiger partial charge >= 0.3 is 5.97 Å². The van der Waals surface area contributed by atoms with Crippen LogP contribution in [0.25, 0.3) is 11.1 Å². The third kappa shape index (κ3) is 3.89. The molecule has 0 radical (unpaired) electrons. The van der Waals surface area contributed by atoms with Gasteiger partial charge in [0.05, 0.1) is 16.9 Å². The van der Waals surface area contributed by atoms with Crippen molar-refractivity contribution in [3.05, 3.63) is 75.2 Å². The van der Waals surface area contributed by atoms with Crippen molar-refractivity contribution in [2.45, 2.75) is 19.8 Å². The number of anilines is 2. The summed E-state index contributed by atoms with van der Waals surface area (Å²) >= 11 is 5.96. The minimum absolute atomic E-state index is 0.0288. The van der Waals surface area contributed by atoms with Crippen molar-refractivity contribution in [3.8, 4) is 11.1 Å². The largest absolute Gasteiger partial charge is 0.478 e. The van der Waals surface area contributed by atoms with Crippen LogP contribution in [0.15, 0.2) is 47.5 Å². The summed E-state index contributed by atoms with van der Waals surface area (Å²) in [5.74, 6) is -1.82. The van der Waals surface area contributed by atoms with E-state index in [0.29, 0.717) is 22.1 Å². The van der Waals surface area contributed by atoms with Crippen LogP contribution in [0, 0.1) is 5.82 Å². The van der Waals surface area contributed by atoms with Crippen molar-refractivity contribution in [1.82, 2.24) is 9.97 Å². The van der Waals surface area contributed by atoms with Gasteiger partial charge in [-0.3, -0.25) is 9.78 Å². The number of pyridine rings is 2. The monoisotopic (exact) mass is 401 g/mol. The van der Waals surface area contributed by atoms with Crippen molar-refractivity contribution in [2.75, 3.05) is 5.32 Å². The number of nitrogens with zero attached hydrogens (tertiary/aromatic N) is 1.